The number of rotatable bonds is 3. The first-order valence-corrected chi connectivity index (χ1v) is 25.5. The highest BCUT2D eigenvalue weighted by Crippen LogP contribution is 2.62. The van der Waals surface area contributed by atoms with Crippen LogP contribution in [0.1, 0.15) is 97.8 Å². The van der Waals surface area contributed by atoms with Crippen LogP contribution in [0.25, 0.3) is 43.9 Å². The molecule has 0 saturated heterocycles. The Morgan fingerprint density at radius 2 is 1.03 bits per heavy atom. The highest BCUT2D eigenvalue weighted by molar-refractivity contribution is 7.00. The Labute approximate surface area is 411 Å². The fourth-order valence-electron chi connectivity index (χ4n) is 13.5. The van der Waals surface area contributed by atoms with Crippen molar-refractivity contribution in [3.63, 3.8) is 0 Å². The quantitative estimate of drug-likeness (QED) is 0.165. The van der Waals surface area contributed by atoms with Gasteiger partial charge in [-0.2, -0.15) is 0 Å². The minimum absolute atomic E-state index is 0.0189. The van der Waals surface area contributed by atoms with E-state index in [1.807, 2.05) is 0 Å². The third kappa shape index (κ3) is 5.62. The maximum absolute atomic E-state index is 7.01. The molecule has 6 heteroatoms. The fraction of sp³-hybridized carbons (Fsp3) is 0.250. The number of benzene rings is 8. The molecule has 2 unspecified atom stereocenters. The van der Waals surface area contributed by atoms with Crippen molar-refractivity contribution in [2.45, 2.75) is 103 Å². The van der Waals surface area contributed by atoms with Gasteiger partial charge in [-0.3, -0.25) is 0 Å². The second-order valence-electron chi connectivity index (χ2n) is 23.2. The lowest BCUT2D eigenvalue weighted by atomic mass is 9.33. The monoisotopic (exact) mass is 911 g/mol. The summed E-state index contributed by atoms with van der Waals surface area (Å²) >= 11 is 0. The van der Waals surface area contributed by atoms with Gasteiger partial charge in [0.25, 0.3) is 6.71 Å². The van der Waals surface area contributed by atoms with Crippen LogP contribution in [0.3, 0.4) is 0 Å². The summed E-state index contributed by atoms with van der Waals surface area (Å²) in [7, 11) is 0. The van der Waals surface area contributed by atoms with Crippen molar-refractivity contribution >= 4 is 112 Å². The van der Waals surface area contributed by atoms with E-state index in [4.69, 9.17) is 8.83 Å². The molecular weight excluding hydrogens is 854 g/mol. The van der Waals surface area contributed by atoms with E-state index in [9.17, 15) is 0 Å². The number of hydrogen-bond donors (Lipinski definition) is 0. The molecule has 0 amide bonds. The summed E-state index contributed by atoms with van der Waals surface area (Å²) in [4.78, 5) is 7.88. The molecule has 14 rings (SSSR count). The van der Waals surface area contributed by atoms with E-state index < -0.39 is 0 Å². The van der Waals surface area contributed by atoms with Crippen molar-refractivity contribution in [2.24, 2.45) is 0 Å². The molecule has 2 aromatic heterocycles. The third-order valence-corrected chi connectivity index (χ3v) is 17.3. The van der Waals surface area contributed by atoms with Crippen LogP contribution in [-0.4, -0.2) is 12.3 Å². The van der Waals surface area contributed by atoms with Crippen LogP contribution in [0.2, 0.25) is 0 Å². The van der Waals surface area contributed by atoms with Gasteiger partial charge in [0.05, 0.1) is 11.2 Å². The summed E-state index contributed by atoms with van der Waals surface area (Å²) in [6.45, 7) is 19.1. The van der Waals surface area contributed by atoms with E-state index in [1.54, 1.807) is 0 Å². The normalized spacial score (nSPS) is 19.5. The van der Waals surface area contributed by atoms with Gasteiger partial charge in [-0.1, -0.05) is 152 Å². The van der Waals surface area contributed by atoms with Crippen molar-refractivity contribution < 1.29 is 8.83 Å². The van der Waals surface area contributed by atoms with E-state index in [-0.39, 0.29) is 28.5 Å². The standard InChI is InChI=1S/C64H58BN3O2/c1-61(2,3)39-26-30-51-48(34-39)65-49-35-40(62(4,5)6)27-31-52(49)67(53-23-17-20-46-44-19-10-14-25-57(44)70-60(46)53)55-37-42(68-50-22-12-11-21-47(50)63(7)32-15-16-33-64(63,68)8)36-54(59(55)65)66(51)41-28-29-45-43-18-9-13-24-56(43)69-58(45)38-41/h9-14,17-31,34-38H,15-16,32-33H2,1-8H3. The minimum Gasteiger partial charge on any atom is -0.456 e. The second-order valence-corrected chi connectivity index (χ2v) is 23.2. The largest absolute Gasteiger partial charge is 0.456 e. The SMILES string of the molecule is CC(C)(C)c1ccc2c(c1)B1c3cc(C(C)(C)C)ccc3N(c3cccc4c3oc3ccccc34)c3cc(N4c5ccccc5C5(C)CCCCC45C)cc(c31)N2c1ccc2c(c1)oc1ccccc12. The molecule has 0 radical (unpaired) electrons. The Bertz CT molecular complexity index is 3850. The highest BCUT2D eigenvalue weighted by Gasteiger charge is 2.58. The van der Waals surface area contributed by atoms with Crippen LogP contribution in [-0.2, 0) is 16.2 Å². The van der Waals surface area contributed by atoms with E-state index in [2.05, 4.69) is 228 Å². The van der Waals surface area contributed by atoms with Crippen molar-refractivity contribution in [1.29, 1.82) is 0 Å². The smallest absolute Gasteiger partial charge is 0.252 e. The minimum atomic E-state index is -0.154. The molecule has 5 nitrogen and oxygen atoms in total. The molecule has 8 aromatic carbocycles. The second kappa shape index (κ2) is 14.2. The summed E-state index contributed by atoms with van der Waals surface area (Å²) in [6.07, 6.45) is 4.71. The Kier molecular flexibility index (Phi) is 8.49. The lowest BCUT2D eigenvalue weighted by Gasteiger charge is -2.51. The highest BCUT2D eigenvalue weighted by atomic mass is 16.3. The van der Waals surface area contributed by atoms with Crippen LogP contribution >= 0.6 is 0 Å². The molecule has 344 valence electrons. The number of hydrogen-bond acceptors (Lipinski definition) is 5. The Hall–Kier alpha value is -7.18. The van der Waals surface area contributed by atoms with E-state index >= 15 is 0 Å². The number of nitrogens with zero attached hydrogens (tertiary/aromatic N) is 3. The predicted molar refractivity (Wildman–Crippen MR) is 295 cm³/mol. The van der Waals surface area contributed by atoms with E-state index in [1.165, 1.54) is 80.0 Å². The summed E-state index contributed by atoms with van der Waals surface area (Å²) in [5.41, 5.74) is 20.6. The maximum Gasteiger partial charge on any atom is 0.252 e. The third-order valence-electron chi connectivity index (χ3n) is 17.3. The first-order valence-electron chi connectivity index (χ1n) is 25.5. The summed E-state index contributed by atoms with van der Waals surface area (Å²) in [6, 6.07) is 59.5. The van der Waals surface area contributed by atoms with Crippen molar-refractivity contribution in [2.75, 3.05) is 14.7 Å². The molecular formula is C64H58BN3O2. The van der Waals surface area contributed by atoms with Crippen molar-refractivity contribution in [3.8, 4) is 0 Å². The first-order chi connectivity index (χ1) is 33.7. The van der Waals surface area contributed by atoms with Crippen LogP contribution in [0, 0.1) is 0 Å². The Balaban J connectivity index is 1.13. The summed E-state index contributed by atoms with van der Waals surface area (Å²) < 4.78 is 13.7. The maximum atomic E-state index is 7.01. The molecule has 2 atom stereocenters. The number of fused-ring (bicyclic) bond motifs is 13. The predicted octanol–water partition coefficient (Wildman–Crippen LogP) is 15.9. The Morgan fingerprint density at radius 1 is 0.457 bits per heavy atom. The van der Waals surface area contributed by atoms with Crippen LogP contribution in [0.4, 0.5) is 45.5 Å². The molecule has 1 fully saturated rings. The molecule has 70 heavy (non-hydrogen) atoms. The van der Waals surface area contributed by atoms with E-state index in [0.717, 1.165) is 68.1 Å². The van der Waals surface area contributed by atoms with Crippen LogP contribution in [0.5, 0.6) is 0 Å². The van der Waals surface area contributed by atoms with Crippen molar-refractivity contribution in [1.82, 2.24) is 0 Å². The van der Waals surface area contributed by atoms with Gasteiger partial charge in [0.1, 0.15) is 16.7 Å². The average Bonchev–Trinajstić information content (AvgIpc) is 3.99. The zero-order chi connectivity index (χ0) is 47.6. The Morgan fingerprint density at radius 3 is 1.74 bits per heavy atom. The zero-order valence-electron chi connectivity index (χ0n) is 41.6. The number of furan rings is 2. The number of para-hydroxylation sites is 4. The van der Waals surface area contributed by atoms with Gasteiger partial charge in [0.15, 0.2) is 5.58 Å². The topological polar surface area (TPSA) is 36.0 Å². The lowest BCUT2D eigenvalue weighted by molar-refractivity contribution is 0.195. The average molecular weight is 912 g/mol. The van der Waals surface area contributed by atoms with Gasteiger partial charge >= 0.3 is 0 Å². The molecule has 3 aliphatic heterocycles. The molecule has 0 N–H and O–H groups in total. The molecule has 1 aliphatic carbocycles. The molecule has 5 heterocycles. The fourth-order valence-corrected chi connectivity index (χ4v) is 13.5. The molecule has 0 bridgehead atoms. The van der Waals surface area contributed by atoms with Gasteiger partial charge in [-0.05, 0) is 124 Å². The van der Waals surface area contributed by atoms with Gasteiger partial charge in [-0.15, -0.1) is 0 Å². The molecule has 0 spiro atoms. The van der Waals surface area contributed by atoms with Gasteiger partial charge < -0.3 is 23.5 Å². The van der Waals surface area contributed by atoms with Gasteiger partial charge in [0.2, 0.25) is 0 Å². The molecule has 10 aromatic rings. The summed E-state index contributed by atoms with van der Waals surface area (Å²) in [5, 5.41) is 4.51. The van der Waals surface area contributed by atoms with Gasteiger partial charge in [0, 0.05) is 72.8 Å². The zero-order valence-corrected chi connectivity index (χ0v) is 41.6. The van der Waals surface area contributed by atoms with Crippen LogP contribution in [0.15, 0.2) is 167 Å². The molecule has 1 saturated carbocycles. The number of anilines is 8. The van der Waals surface area contributed by atoms with Gasteiger partial charge in [-0.25, -0.2) is 0 Å². The summed E-state index contributed by atoms with van der Waals surface area (Å²) in [5.74, 6) is 0. The van der Waals surface area contributed by atoms with Crippen LogP contribution < -0.4 is 31.1 Å². The van der Waals surface area contributed by atoms with Crippen molar-refractivity contribution in [3.05, 3.63) is 174 Å². The first kappa shape index (κ1) is 41.8. The van der Waals surface area contributed by atoms with E-state index in [0.29, 0.717) is 0 Å². The molecule has 4 aliphatic rings. The lowest BCUT2D eigenvalue weighted by Crippen LogP contribution is -2.62.